The molecule has 5 heteroatoms. The van der Waals surface area contributed by atoms with Crippen LogP contribution in [0.5, 0.6) is 11.5 Å². The molecule has 2 saturated heterocycles. The van der Waals surface area contributed by atoms with Gasteiger partial charge in [-0.2, -0.15) is 0 Å². The predicted octanol–water partition coefficient (Wildman–Crippen LogP) is 2.89. The fourth-order valence-corrected chi connectivity index (χ4v) is 3.05. The number of hydrogen-bond donors (Lipinski definition) is 0. The van der Waals surface area contributed by atoms with Gasteiger partial charge >= 0.3 is 0 Å². The summed E-state index contributed by atoms with van der Waals surface area (Å²) in [4.78, 5) is 0. The van der Waals surface area contributed by atoms with Gasteiger partial charge in [0.15, 0.2) is 17.8 Å². The lowest BCUT2D eigenvalue weighted by Crippen LogP contribution is -2.45. The van der Waals surface area contributed by atoms with Crippen LogP contribution in [0.15, 0.2) is 43.5 Å². The van der Waals surface area contributed by atoms with Gasteiger partial charge in [0.05, 0.1) is 20.3 Å². The second-order valence-electron chi connectivity index (χ2n) is 5.91. The first-order valence-corrected chi connectivity index (χ1v) is 8.19. The van der Waals surface area contributed by atoms with Crippen molar-refractivity contribution in [3.63, 3.8) is 0 Å². The Balaban J connectivity index is 1.72. The van der Waals surface area contributed by atoms with Crippen molar-refractivity contribution in [3.05, 3.63) is 49.1 Å². The maximum Gasteiger partial charge on any atom is 0.184 e. The van der Waals surface area contributed by atoms with Crippen molar-refractivity contribution < 1.29 is 23.7 Å². The Labute approximate surface area is 142 Å². The van der Waals surface area contributed by atoms with Crippen LogP contribution in [0.25, 0.3) is 0 Å². The highest BCUT2D eigenvalue weighted by atomic mass is 16.8. The molecule has 2 fully saturated rings. The van der Waals surface area contributed by atoms with Gasteiger partial charge in [-0.3, -0.25) is 0 Å². The Hall–Kier alpha value is -1.82. The first-order chi connectivity index (χ1) is 11.7. The van der Waals surface area contributed by atoms with E-state index in [0.29, 0.717) is 31.1 Å². The number of ether oxygens (including phenoxy) is 5. The smallest absolute Gasteiger partial charge is 0.184 e. The van der Waals surface area contributed by atoms with Crippen LogP contribution in [0.1, 0.15) is 12.0 Å². The van der Waals surface area contributed by atoms with Gasteiger partial charge in [-0.05, 0) is 24.1 Å². The molecule has 24 heavy (non-hydrogen) atoms. The first-order valence-electron chi connectivity index (χ1n) is 8.19. The van der Waals surface area contributed by atoms with E-state index in [-0.39, 0.29) is 24.6 Å². The van der Waals surface area contributed by atoms with E-state index in [4.69, 9.17) is 23.7 Å². The molecule has 5 nitrogen and oxygen atoms in total. The number of methoxy groups -OCH3 is 1. The minimum atomic E-state index is -0.313. The van der Waals surface area contributed by atoms with Gasteiger partial charge in [0.2, 0.25) is 0 Å². The Kier molecular flexibility index (Phi) is 5.56. The summed E-state index contributed by atoms with van der Waals surface area (Å²) in [7, 11) is 1.64. The molecule has 1 aromatic rings. The largest absolute Gasteiger partial charge is 0.493 e. The average Bonchev–Trinajstić information content (AvgIpc) is 3.03. The maximum atomic E-state index is 6.19. The Morgan fingerprint density at radius 3 is 2.83 bits per heavy atom. The minimum absolute atomic E-state index is 0.0869. The highest BCUT2D eigenvalue weighted by Gasteiger charge is 2.46. The predicted molar refractivity (Wildman–Crippen MR) is 90.5 cm³/mol. The molecule has 3 rings (SSSR count). The summed E-state index contributed by atoms with van der Waals surface area (Å²) < 4.78 is 28.9. The molecule has 0 amide bonds. The topological polar surface area (TPSA) is 46.2 Å². The summed E-state index contributed by atoms with van der Waals surface area (Å²) >= 11 is 0. The molecule has 4 atom stereocenters. The average molecular weight is 332 g/mol. The van der Waals surface area contributed by atoms with Crippen molar-refractivity contribution in [1.82, 2.24) is 0 Å². The van der Waals surface area contributed by atoms with E-state index >= 15 is 0 Å². The molecule has 2 aliphatic heterocycles. The van der Waals surface area contributed by atoms with Crippen molar-refractivity contribution in [2.45, 2.75) is 37.4 Å². The molecular formula is C19H24O5. The van der Waals surface area contributed by atoms with E-state index in [9.17, 15) is 0 Å². The molecule has 0 aromatic heterocycles. The van der Waals surface area contributed by atoms with Crippen LogP contribution in [0.2, 0.25) is 0 Å². The molecule has 1 aromatic carbocycles. The normalized spacial score (nSPS) is 28.4. The minimum Gasteiger partial charge on any atom is -0.493 e. The van der Waals surface area contributed by atoms with Crippen molar-refractivity contribution >= 4 is 0 Å². The van der Waals surface area contributed by atoms with Gasteiger partial charge in [-0.15, -0.1) is 13.2 Å². The molecule has 2 heterocycles. The zero-order chi connectivity index (χ0) is 16.9. The number of benzene rings is 1. The fraction of sp³-hybridized carbons (Fsp3) is 0.474. The lowest BCUT2D eigenvalue weighted by Gasteiger charge is -2.33. The summed E-state index contributed by atoms with van der Waals surface area (Å²) in [5.74, 6) is 1.41. The number of fused-ring (bicyclic) bond motifs is 2. The van der Waals surface area contributed by atoms with E-state index in [1.54, 1.807) is 13.2 Å². The molecule has 0 N–H and O–H groups in total. The van der Waals surface area contributed by atoms with E-state index < -0.39 is 0 Å². The SMILES string of the molecule is C=CCOC1CC(Oc2ccc(CC=C)cc2OC)C2COC1O2. The standard InChI is InChI=1S/C19H24O5/c1-4-6-13-7-8-14(15(10-13)20-3)23-16-11-17(21-9-5-2)19-22-12-18(16)24-19/h4-5,7-8,10,16-19H,1-2,6,9,11-12H2,3H3. The molecule has 2 bridgehead atoms. The van der Waals surface area contributed by atoms with Gasteiger partial charge in [0.1, 0.15) is 18.3 Å². The van der Waals surface area contributed by atoms with E-state index in [1.165, 1.54) is 0 Å². The summed E-state index contributed by atoms with van der Waals surface area (Å²) in [6.45, 7) is 8.42. The molecule has 0 saturated carbocycles. The highest BCUT2D eigenvalue weighted by Crippen LogP contribution is 2.35. The van der Waals surface area contributed by atoms with Gasteiger partial charge in [-0.1, -0.05) is 18.2 Å². The van der Waals surface area contributed by atoms with Crippen LogP contribution in [-0.4, -0.2) is 44.9 Å². The molecule has 0 aliphatic carbocycles. The van der Waals surface area contributed by atoms with E-state index in [1.807, 2.05) is 24.3 Å². The van der Waals surface area contributed by atoms with Crippen LogP contribution in [0, 0.1) is 0 Å². The Morgan fingerprint density at radius 2 is 2.08 bits per heavy atom. The third kappa shape index (κ3) is 3.64. The van der Waals surface area contributed by atoms with Gasteiger partial charge in [0.25, 0.3) is 0 Å². The molecule has 0 radical (unpaired) electrons. The van der Waals surface area contributed by atoms with Crippen molar-refractivity contribution in [2.75, 3.05) is 20.3 Å². The Morgan fingerprint density at radius 1 is 1.21 bits per heavy atom. The number of allylic oxidation sites excluding steroid dienone is 1. The van der Waals surface area contributed by atoms with E-state index in [2.05, 4.69) is 13.2 Å². The fourth-order valence-electron chi connectivity index (χ4n) is 3.05. The van der Waals surface area contributed by atoms with Crippen LogP contribution in [-0.2, 0) is 20.6 Å². The maximum absolute atomic E-state index is 6.19. The molecule has 4 unspecified atom stereocenters. The third-order valence-corrected chi connectivity index (χ3v) is 4.23. The van der Waals surface area contributed by atoms with Gasteiger partial charge < -0.3 is 23.7 Å². The molecule has 2 aliphatic rings. The number of hydrogen-bond acceptors (Lipinski definition) is 5. The lowest BCUT2D eigenvalue weighted by molar-refractivity contribution is -0.191. The van der Waals surface area contributed by atoms with Gasteiger partial charge in [0, 0.05) is 6.42 Å². The Bertz CT molecular complexity index is 585. The molecule has 130 valence electrons. The molecular weight excluding hydrogens is 308 g/mol. The van der Waals surface area contributed by atoms with Crippen molar-refractivity contribution in [1.29, 1.82) is 0 Å². The monoisotopic (exact) mass is 332 g/mol. The van der Waals surface area contributed by atoms with Crippen LogP contribution in [0.4, 0.5) is 0 Å². The second kappa shape index (κ2) is 7.83. The first kappa shape index (κ1) is 17.0. The van der Waals surface area contributed by atoms with Crippen LogP contribution >= 0.6 is 0 Å². The van der Waals surface area contributed by atoms with Crippen molar-refractivity contribution in [3.8, 4) is 11.5 Å². The van der Waals surface area contributed by atoms with E-state index in [0.717, 1.165) is 12.0 Å². The molecule has 0 spiro atoms. The van der Waals surface area contributed by atoms with Crippen LogP contribution in [0.3, 0.4) is 0 Å². The summed E-state index contributed by atoms with van der Waals surface area (Å²) in [6.07, 6.45) is 4.39. The quantitative estimate of drug-likeness (QED) is 0.685. The summed E-state index contributed by atoms with van der Waals surface area (Å²) in [6, 6.07) is 5.92. The van der Waals surface area contributed by atoms with Crippen LogP contribution < -0.4 is 9.47 Å². The highest BCUT2D eigenvalue weighted by molar-refractivity contribution is 5.43. The zero-order valence-corrected chi connectivity index (χ0v) is 14.0. The summed E-state index contributed by atoms with van der Waals surface area (Å²) in [5, 5.41) is 0. The lowest BCUT2D eigenvalue weighted by atomic mass is 10.0. The zero-order valence-electron chi connectivity index (χ0n) is 14.0. The third-order valence-electron chi connectivity index (χ3n) is 4.23. The summed E-state index contributed by atoms with van der Waals surface area (Å²) in [5.41, 5.74) is 1.13. The van der Waals surface area contributed by atoms with Gasteiger partial charge in [-0.25, -0.2) is 0 Å². The number of rotatable bonds is 8. The second-order valence-corrected chi connectivity index (χ2v) is 5.91. The van der Waals surface area contributed by atoms with Crippen molar-refractivity contribution in [2.24, 2.45) is 0 Å².